The van der Waals surface area contributed by atoms with Gasteiger partial charge in [-0.3, -0.25) is 9.69 Å². The average Bonchev–Trinajstić information content (AvgIpc) is 2.82. The Labute approximate surface area is 120 Å². The van der Waals surface area contributed by atoms with E-state index in [1.54, 1.807) is 7.11 Å². The highest BCUT2D eigenvalue weighted by Gasteiger charge is 2.37. The molecule has 110 valence electrons. The maximum atomic E-state index is 11.2. The van der Waals surface area contributed by atoms with Gasteiger partial charge in [-0.1, -0.05) is 26.0 Å². The number of rotatable bonds is 5. The van der Waals surface area contributed by atoms with Crippen LogP contribution < -0.4 is 4.74 Å². The van der Waals surface area contributed by atoms with Crippen LogP contribution in [0.3, 0.4) is 0 Å². The van der Waals surface area contributed by atoms with Crippen LogP contribution in [-0.2, 0) is 4.79 Å². The summed E-state index contributed by atoms with van der Waals surface area (Å²) in [6, 6.07) is 8.36. The predicted octanol–water partition coefficient (Wildman–Crippen LogP) is 2.80. The Bertz CT molecular complexity index is 457. The van der Waals surface area contributed by atoms with Gasteiger partial charge >= 0.3 is 5.97 Å². The smallest absolute Gasteiger partial charge is 0.308 e. The van der Waals surface area contributed by atoms with Crippen molar-refractivity contribution in [1.29, 1.82) is 0 Å². The molecule has 20 heavy (non-hydrogen) atoms. The molecule has 1 fully saturated rings. The number of nitrogens with zero attached hydrogens (tertiary/aromatic N) is 1. The Hall–Kier alpha value is -1.55. The van der Waals surface area contributed by atoms with Gasteiger partial charge in [-0.2, -0.15) is 0 Å². The Morgan fingerprint density at radius 3 is 2.50 bits per heavy atom. The zero-order valence-electron chi connectivity index (χ0n) is 12.4. The number of carbonyl (C=O) groups is 1. The molecule has 0 amide bonds. The van der Waals surface area contributed by atoms with Crippen molar-refractivity contribution in [3.05, 3.63) is 29.8 Å². The van der Waals surface area contributed by atoms with Crippen molar-refractivity contribution in [2.75, 3.05) is 20.2 Å². The van der Waals surface area contributed by atoms with Gasteiger partial charge < -0.3 is 9.84 Å². The molecule has 1 aromatic carbocycles. The quantitative estimate of drug-likeness (QED) is 0.899. The first-order chi connectivity index (χ1) is 9.56. The summed E-state index contributed by atoms with van der Waals surface area (Å²) in [4.78, 5) is 13.5. The maximum Gasteiger partial charge on any atom is 0.308 e. The van der Waals surface area contributed by atoms with Crippen LogP contribution >= 0.6 is 0 Å². The molecule has 4 heteroatoms. The number of hydrogen-bond donors (Lipinski definition) is 1. The molecule has 3 atom stereocenters. The molecule has 1 N–H and O–H groups in total. The number of aliphatic carboxylic acids is 1. The van der Waals surface area contributed by atoms with Gasteiger partial charge in [-0.05, 0) is 30.0 Å². The highest BCUT2D eigenvalue weighted by molar-refractivity contribution is 5.71. The summed E-state index contributed by atoms with van der Waals surface area (Å²) in [6.07, 6.45) is 0.978. The lowest BCUT2D eigenvalue weighted by atomic mass is 9.99. The second-order valence-corrected chi connectivity index (χ2v) is 5.57. The fourth-order valence-electron chi connectivity index (χ4n) is 3.11. The largest absolute Gasteiger partial charge is 0.497 e. The SMILES string of the molecule is CCC(c1ccc(OC)cc1)N1C[C@@H](C)[C@H](C(=O)O)C1. The minimum Gasteiger partial charge on any atom is -0.497 e. The van der Waals surface area contributed by atoms with Gasteiger partial charge in [-0.15, -0.1) is 0 Å². The second-order valence-electron chi connectivity index (χ2n) is 5.57. The summed E-state index contributed by atoms with van der Waals surface area (Å²) in [5, 5.41) is 9.25. The van der Waals surface area contributed by atoms with E-state index >= 15 is 0 Å². The van der Waals surface area contributed by atoms with E-state index in [1.807, 2.05) is 19.1 Å². The minimum atomic E-state index is -0.676. The van der Waals surface area contributed by atoms with Gasteiger partial charge in [0.2, 0.25) is 0 Å². The molecule has 2 rings (SSSR count). The van der Waals surface area contributed by atoms with Crippen molar-refractivity contribution in [3.8, 4) is 5.75 Å². The van der Waals surface area contributed by atoms with E-state index in [0.29, 0.717) is 6.54 Å². The van der Waals surface area contributed by atoms with E-state index in [9.17, 15) is 9.90 Å². The van der Waals surface area contributed by atoms with Gasteiger partial charge in [-0.25, -0.2) is 0 Å². The summed E-state index contributed by atoms with van der Waals surface area (Å²) < 4.78 is 5.18. The first-order valence-corrected chi connectivity index (χ1v) is 7.17. The van der Waals surface area contributed by atoms with Crippen LogP contribution in [0.4, 0.5) is 0 Å². The van der Waals surface area contributed by atoms with Crippen molar-refractivity contribution in [3.63, 3.8) is 0 Å². The highest BCUT2D eigenvalue weighted by Crippen LogP contribution is 2.33. The Kier molecular flexibility index (Phi) is 4.65. The van der Waals surface area contributed by atoms with Crippen LogP contribution in [0.15, 0.2) is 24.3 Å². The Morgan fingerprint density at radius 1 is 1.40 bits per heavy atom. The molecule has 1 unspecified atom stereocenters. The molecule has 0 bridgehead atoms. The molecule has 1 aromatic rings. The number of likely N-dealkylation sites (tertiary alicyclic amines) is 1. The van der Waals surface area contributed by atoms with E-state index in [-0.39, 0.29) is 17.9 Å². The lowest BCUT2D eigenvalue weighted by molar-refractivity contribution is -0.142. The number of methoxy groups -OCH3 is 1. The van der Waals surface area contributed by atoms with Crippen LogP contribution in [-0.4, -0.2) is 36.2 Å². The third kappa shape index (κ3) is 2.96. The first kappa shape index (κ1) is 14.9. The van der Waals surface area contributed by atoms with Crippen molar-refractivity contribution < 1.29 is 14.6 Å². The topological polar surface area (TPSA) is 49.8 Å². The molecular formula is C16H23NO3. The van der Waals surface area contributed by atoms with Crippen molar-refractivity contribution in [1.82, 2.24) is 4.90 Å². The van der Waals surface area contributed by atoms with Crippen LogP contribution in [0.5, 0.6) is 5.75 Å². The number of hydrogen-bond acceptors (Lipinski definition) is 3. The molecule has 1 aliphatic heterocycles. The van der Waals surface area contributed by atoms with Crippen LogP contribution in [0.25, 0.3) is 0 Å². The van der Waals surface area contributed by atoms with Crippen LogP contribution in [0.1, 0.15) is 31.9 Å². The molecule has 1 heterocycles. The second kappa shape index (κ2) is 6.27. The minimum absolute atomic E-state index is 0.208. The number of benzene rings is 1. The summed E-state index contributed by atoms with van der Waals surface area (Å²) in [5.41, 5.74) is 1.23. The Balaban J connectivity index is 2.14. The van der Waals surface area contributed by atoms with E-state index in [0.717, 1.165) is 18.7 Å². The van der Waals surface area contributed by atoms with Crippen molar-refractivity contribution >= 4 is 5.97 Å². The molecule has 1 saturated heterocycles. The van der Waals surface area contributed by atoms with Crippen molar-refractivity contribution in [2.24, 2.45) is 11.8 Å². The summed E-state index contributed by atoms with van der Waals surface area (Å²) >= 11 is 0. The lowest BCUT2D eigenvalue weighted by Gasteiger charge is -2.27. The van der Waals surface area contributed by atoms with E-state index in [2.05, 4.69) is 24.0 Å². The fraction of sp³-hybridized carbons (Fsp3) is 0.562. The molecule has 0 radical (unpaired) electrons. The molecule has 0 spiro atoms. The molecule has 0 aromatic heterocycles. The van der Waals surface area contributed by atoms with Gasteiger partial charge in [0.25, 0.3) is 0 Å². The third-order valence-corrected chi connectivity index (χ3v) is 4.29. The van der Waals surface area contributed by atoms with E-state index in [4.69, 9.17) is 4.74 Å². The maximum absolute atomic E-state index is 11.2. The van der Waals surface area contributed by atoms with Crippen LogP contribution in [0, 0.1) is 11.8 Å². The molecule has 1 aliphatic rings. The Morgan fingerprint density at radius 2 is 2.05 bits per heavy atom. The van der Waals surface area contributed by atoms with Gasteiger partial charge in [0.15, 0.2) is 0 Å². The fourth-order valence-corrected chi connectivity index (χ4v) is 3.11. The van der Waals surface area contributed by atoms with Crippen LogP contribution in [0.2, 0.25) is 0 Å². The van der Waals surface area contributed by atoms with Gasteiger partial charge in [0.1, 0.15) is 5.75 Å². The zero-order chi connectivity index (χ0) is 14.7. The summed E-state index contributed by atoms with van der Waals surface area (Å²) in [6.45, 7) is 5.66. The molecule has 0 saturated carbocycles. The molecule has 0 aliphatic carbocycles. The van der Waals surface area contributed by atoms with Crippen molar-refractivity contribution in [2.45, 2.75) is 26.3 Å². The molecule has 4 nitrogen and oxygen atoms in total. The standard InChI is InChI=1S/C16H23NO3/c1-4-15(12-5-7-13(20-3)8-6-12)17-9-11(2)14(10-17)16(18)19/h5-8,11,14-15H,4,9-10H2,1-3H3,(H,18,19)/t11-,14-,15?/m1/s1. The zero-order valence-corrected chi connectivity index (χ0v) is 12.4. The normalized spacial score (nSPS) is 24.6. The highest BCUT2D eigenvalue weighted by atomic mass is 16.5. The number of carboxylic acids is 1. The third-order valence-electron chi connectivity index (χ3n) is 4.29. The number of carboxylic acid groups (broad SMARTS) is 1. The predicted molar refractivity (Wildman–Crippen MR) is 77.9 cm³/mol. The van der Waals surface area contributed by atoms with Gasteiger partial charge in [0.05, 0.1) is 13.0 Å². The molecular weight excluding hydrogens is 254 g/mol. The summed E-state index contributed by atoms with van der Waals surface area (Å²) in [7, 11) is 1.66. The van der Waals surface area contributed by atoms with E-state index in [1.165, 1.54) is 5.56 Å². The van der Waals surface area contributed by atoms with E-state index < -0.39 is 5.97 Å². The first-order valence-electron chi connectivity index (χ1n) is 7.17. The lowest BCUT2D eigenvalue weighted by Crippen LogP contribution is -2.27. The number of ether oxygens (including phenoxy) is 1. The monoisotopic (exact) mass is 277 g/mol. The van der Waals surface area contributed by atoms with Gasteiger partial charge in [0, 0.05) is 19.1 Å². The average molecular weight is 277 g/mol. The summed E-state index contributed by atoms with van der Waals surface area (Å²) in [5.74, 6) is 0.133.